The van der Waals surface area contributed by atoms with Gasteiger partial charge in [0.05, 0.1) is 18.8 Å². The smallest absolute Gasteiger partial charge is 0.328 e. The number of morpholine rings is 1. The molecular formula is C16H19N3O5. The van der Waals surface area contributed by atoms with Gasteiger partial charge in [0, 0.05) is 24.0 Å². The molecule has 2 aromatic heterocycles. The lowest BCUT2D eigenvalue weighted by Crippen LogP contribution is -2.52. The van der Waals surface area contributed by atoms with E-state index in [1.807, 2.05) is 11.5 Å². The average molecular weight is 333 g/mol. The molecule has 8 nitrogen and oxygen atoms in total. The van der Waals surface area contributed by atoms with Crippen molar-refractivity contribution < 1.29 is 24.0 Å². The SMILES string of the molecule is Cc1cc(-n2c(C)cc(C(=O)N3CCOCC3C(=O)O)c2C)no1. The molecule has 3 heterocycles. The van der Waals surface area contributed by atoms with Crippen molar-refractivity contribution in [2.45, 2.75) is 26.8 Å². The van der Waals surface area contributed by atoms with Crippen molar-refractivity contribution in [2.24, 2.45) is 0 Å². The molecular weight excluding hydrogens is 314 g/mol. The highest BCUT2D eigenvalue weighted by Gasteiger charge is 2.34. The summed E-state index contributed by atoms with van der Waals surface area (Å²) < 4.78 is 12.1. The lowest BCUT2D eigenvalue weighted by atomic mass is 10.1. The van der Waals surface area contributed by atoms with Crippen LogP contribution < -0.4 is 0 Å². The fraction of sp³-hybridized carbons (Fsp3) is 0.438. The number of nitrogens with zero attached hydrogens (tertiary/aromatic N) is 3. The largest absolute Gasteiger partial charge is 0.480 e. The molecule has 0 spiro atoms. The Kier molecular flexibility index (Phi) is 4.15. The Morgan fingerprint density at radius 2 is 2.04 bits per heavy atom. The highest BCUT2D eigenvalue weighted by Crippen LogP contribution is 2.23. The molecule has 1 atom stereocenters. The fourth-order valence-corrected chi connectivity index (χ4v) is 3.00. The number of carboxylic acids is 1. The van der Waals surface area contributed by atoms with Crippen LogP contribution in [0, 0.1) is 20.8 Å². The molecule has 1 fully saturated rings. The topological polar surface area (TPSA) is 97.8 Å². The summed E-state index contributed by atoms with van der Waals surface area (Å²) in [6, 6.07) is 2.56. The first-order chi connectivity index (χ1) is 11.4. The number of ether oxygens (including phenoxy) is 1. The number of aromatic nitrogens is 2. The highest BCUT2D eigenvalue weighted by molar-refractivity contribution is 5.98. The Hall–Kier alpha value is -2.61. The number of hydrogen-bond acceptors (Lipinski definition) is 5. The molecule has 0 saturated carbocycles. The molecule has 128 valence electrons. The molecule has 8 heteroatoms. The van der Waals surface area contributed by atoms with Crippen molar-refractivity contribution in [2.75, 3.05) is 19.8 Å². The number of amides is 1. The Labute approximate surface area is 138 Å². The predicted octanol–water partition coefficient (Wildman–Crippen LogP) is 1.32. The van der Waals surface area contributed by atoms with Gasteiger partial charge in [-0.3, -0.25) is 9.36 Å². The third-order valence-corrected chi connectivity index (χ3v) is 4.18. The van der Waals surface area contributed by atoms with Gasteiger partial charge in [-0.15, -0.1) is 0 Å². The summed E-state index contributed by atoms with van der Waals surface area (Å²) in [6.07, 6.45) is 0. The van der Waals surface area contributed by atoms with Crippen LogP contribution in [0.2, 0.25) is 0 Å². The number of carbonyl (C=O) groups excluding carboxylic acids is 1. The number of hydrogen-bond donors (Lipinski definition) is 1. The third kappa shape index (κ3) is 2.69. The fourth-order valence-electron chi connectivity index (χ4n) is 3.00. The molecule has 1 unspecified atom stereocenters. The zero-order valence-electron chi connectivity index (χ0n) is 13.8. The van der Waals surface area contributed by atoms with Crippen molar-refractivity contribution in [1.82, 2.24) is 14.6 Å². The maximum absolute atomic E-state index is 12.9. The van der Waals surface area contributed by atoms with Crippen LogP contribution in [0.5, 0.6) is 0 Å². The van der Waals surface area contributed by atoms with Gasteiger partial charge in [-0.05, 0) is 26.8 Å². The van der Waals surface area contributed by atoms with Gasteiger partial charge < -0.3 is 19.3 Å². The van der Waals surface area contributed by atoms with Crippen LogP contribution in [0.15, 0.2) is 16.7 Å². The maximum atomic E-state index is 12.9. The summed E-state index contributed by atoms with van der Waals surface area (Å²) in [5, 5.41) is 13.3. The zero-order chi connectivity index (χ0) is 17.4. The van der Waals surface area contributed by atoms with Gasteiger partial charge in [-0.1, -0.05) is 5.16 Å². The average Bonchev–Trinajstić information content (AvgIpc) is 3.09. The van der Waals surface area contributed by atoms with E-state index in [9.17, 15) is 14.7 Å². The van der Waals surface area contributed by atoms with Crippen LogP contribution in [0.1, 0.15) is 27.5 Å². The molecule has 1 aliphatic rings. The minimum atomic E-state index is -1.07. The summed E-state index contributed by atoms with van der Waals surface area (Å²) in [5.41, 5.74) is 1.98. The second-order valence-electron chi connectivity index (χ2n) is 5.84. The Balaban J connectivity index is 1.97. The van der Waals surface area contributed by atoms with Crippen molar-refractivity contribution in [3.63, 3.8) is 0 Å². The van der Waals surface area contributed by atoms with E-state index in [0.29, 0.717) is 29.4 Å². The molecule has 1 aliphatic heterocycles. The summed E-state index contributed by atoms with van der Waals surface area (Å²) in [4.78, 5) is 25.6. The van der Waals surface area contributed by atoms with E-state index in [-0.39, 0.29) is 19.1 Å². The second kappa shape index (κ2) is 6.12. The molecule has 0 bridgehead atoms. The molecule has 0 aliphatic carbocycles. The van der Waals surface area contributed by atoms with Gasteiger partial charge in [0.2, 0.25) is 0 Å². The van der Waals surface area contributed by atoms with E-state index in [1.165, 1.54) is 4.90 Å². The van der Waals surface area contributed by atoms with E-state index >= 15 is 0 Å². The molecule has 1 amide bonds. The number of rotatable bonds is 3. The maximum Gasteiger partial charge on any atom is 0.328 e. The Morgan fingerprint density at radius 1 is 1.29 bits per heavy atom. The minimum Gasteiger partial charge on any atom is -0.480 e. The Morgan fingerprint density at radius 3 is 2.67 bits per heavy atom. The molecule has 1 N–H and O–H groups in total. The summed E-state index contributed by atoms with van der Waals surface area (Å²) in [7, 11) is 0. The van der Waals surface area contributed by atoms with E-state index in [1.54, 1.807) is 26.0 Å². The first-order valence-corrected chi connectivity index (χ1v) is 7.64. The standard InChI is InChI=1S/C16H19N3O5/c1-9-6-12(11(3)19(9)14-7-10(2)24-17-14)15(20)18-4-5-23-8-13(18)16(21)22/h6-7,13H,4-5,8H2,1-3H3,(H,21,22). The van der Waals surface area contributed by atoms with Crippen LogP contribution in [-0.2, 0) is 9.53 Å². The van der Waals surface area contributed by atoms with Gasteiger partial charge in [0.15, 0.2) is 11.9 Å². The number of carbonyl (C=O) groups is 2. The van der Waals surface area contributed by atoms with Gasteiger partial charge in [-0.25, -0.2) is 4.79 Å². The van der Waals surface area contributed by atoms with E-state index in [0.717, 1.165) is 5.69 Å². The number of aliphatic carboxylic acids is 1. The minimum absolute atomic E-state index is 0.00227. The van der Waals surface area contributed by atoms with Crippen molar-refractivity contribution >= 4 is 11.9 Å². The first kappa shape index (κ1) is 16.3. The molecule has 0 radical (unpaired) electrons. The van der Waals surface area contributed by atoms with Crippen molar-refractivity contribution in [3.05, 3.63) is 34.8 Å². The van der Waals surface area contributed by atoms with Gasteiger partial charge >= 0.3 is 5.97 Å². The van der Waals surface area contributed by atoms with Crippen LogP contribution in [0.4, 0.5) is 0 Å². The summed E-state index contributed by atoms with van der Waals surface area (Å²) in [5.74, 6) is -0.114. The first-order valence-electron chi connectivity index (χ1n) is 7.64. The van der Waals surface area contributed by atoms with Gasteiger partial charge in [0.1, 0.15) is 5.76 Å². The van der Waals surface area contributed by atoms with Crippen molar-refractivity contribution in [3.8, 4) is 5.82 Å². The normalized spacial score (nSPS) is 18.0. The lowest BCUT2D eigenvalue weighted by molar-refractivity contribution is -0.147. The lowest BCUT2D eigenvalue weighted by Gasteiger charge is -2.32. The van der Waals surface area contributed by atoms with Gasteiger partial charge in [0.25, 0.3) is 5.91 Å². The zero-order valence-corrected chi connectivity index (χ0v) is 13.8. The predicted molar refractivity (Wildman–Crippen MR) is 83.3 cm³/mol. The molecule has 24 heavy (non-hydrogen) atoms. The number of aryl methyl sites for hydroxylation is 2. The molecule has 0 aromatic carbocycles. The molecule has 3 rings (SSSR count). The van der Waals surface area contributed by atoms with E-state index in [4.69, 9.17) is 9.26 Å². The van der Waals surface area contributed by atoms with Crippen LogP contribution in [0.3, 0.4) is 0 Å². The van der Waals surface area contributed by atoms with Crippen LogP contribution >= 0.6 is 0 Å². The molecule has 1 saturated heterocycles. The second-order valence-corrected chi connectivity index (χ2v) is 5.84. The third-order valence-electron chi connectivity index (χ3n) is 4.18. The van der Waals surface area contributed by atoms with Crippen LogP contribution in [-0.4, -0.2) is 57.4 Å². The number of carboxylic acid groups (broad SMARTS) is 1. The van der Waals surface area contributed by atoms with Crippen molar-refractivity contribution in [1.29, 1.82) is 0 Å². The summed E-state index contributed by atoms with van der Waals surface area (Å²) >= 11 is 0. The highest BCUT2D eigenvalue weighted by atomic mass is 16.5. The van der Waals surface area contributed by atoms with E-state index in [2.05, 4.69) is 5.16 Å². The molecule has 2 aromatic rings. The quantitative estimate of drug-likeness (QED) is 0.909. The van der Waals surface area contributed by atoms with Crippen LogP contribution in [0.25, 0.3) is 5.82 Å². The Bertz CT molecular complexity index is 792. The summed E-state index contributed by atoms with van der Waals surface area (Å²) in [6.45, 7) is 6.05. The van der Waals surface area contributed by atoms with E-state index < -0.39 is 12.0 Å². The van der Waals surface area contributed by atoms with Gasteiger partial charge in [-0.2, -0.15) is 0 Å². The monoisotopic (exact) mass is 333 g/mol.